The van der Waals surface area contributed by atoms with Gasteiger partial charge in [0.25, 0.3) is 11.8 Å². The van der Waals surface area contributed by atoms with E-state index in [2.05, 4.69) is 0 Å². The molecule has 0 fully saturated rings. The molecule has 4 rings (SSSR count). The molecule has 140 valence electrons. The molecule has 0 spiro atoms. The largest absolute Gasteiger partial charge is 0.273 e. The van der Waals surface area contributed by atoms with Crippen molar-refractivity contribution in [3.8, 4) is 0 Å². The molecule has 0 saturated heterocycles. The fraction of sp³-hybridized carbons (Fsp3) is 0.0909. The van der Waals surface area contributed by atoms with E-state index in [1.807, 2.05) is 60.0 Å². The third kappa shape index (κ3) is 3.92. The minimum Gasteiger partial charge on any atom is -0.273 e. The fourth-order valence-corrected chi connectivity index (χ4v) is 4.96. The highest BCUT2D eigenvalue weighted by Gasteiger charge is 2.39. The zero-order chi connectivity index (χ0) is 19.5. The van der Waals surface area contributed by atoms with Crippen LogP contribution >= 0.6 is 34.7 Å². The molecule has 0 unspecified atom stereocenters. The van der Waals surface area contributed by atoms with Gasteiger partial charge in [0.1, 0.15) is 0 Å². The highest BCUT2D eigenvalue weighted by atomic mass is 35.5. The van der Waals surface area contributed by atoms with E-state index in [9.17, 15) is 9.59 Å². The average Bonchev–Trinajstić information content (AvgIpc) is 3.31. The summed E-state index contributed by atoms with van der Waals surface area (Å²) in [6, 6.07) is 20.9. The quantitative estimate of drug-likeness (QED) is 0.488. The number of hydrogen-bond donors (Lipinski definition) is 0. The highest BCUT2D eigenvalue weighted by Crippen LogP contribution is 2.41. The van der Waals surface area contributed by atoms with Crippen LogP contribution in [0.3, 0.4) is 0 Å². The molecule has 28 heavy (non-hydrogen) atoms. The molecule has 3 aromatic rings. The smallest absolute Gasteiger partial charge is 0.268 e. The van der Waals surface area contributed by atoms with Gasteiger partial charge < -0.3 is 0 Å². The summed E-state index contributed by atoms with van der Waals surface area (Å²) in [5, 5.41) is 2.55. The van der Waals surface area contributed by atoms with Crippen LogP contribution in [0.25, 0.3) is 5.57 Å². The lowest BCUT2D eigenvalue weighted by Gasteiger charge is -2.15. The Morgan fingerprint density at radius 1 is 0.893 bits per heavy atom. The molecule has 2 aromatic carbocycles. The van der Waals surface area contributed by atoms with Crippen molar-refractivity contribution in [1.82, 2.24) is 4.90 Å². The molecule has 1 aliphatic rings. The van der Waals surface area contributed by atoms with E-state index in [0.29, 0.717) is 28.5 Å². The predicted octanol–water partition coefficient (Wildman–Crippen LogP) is 5.52. The summed E-state index contributed by atoms with van der Waals surface area (Å²) in [4.78, 5) is 29.8. The van der Waals surface area contributed by atoms with Crippen molar-refractivity contribution >= 4 is 52.1 Å². The van der Waals surface area contributed by atoms with E-state index < -0.39 is 0 Å². The molecule has 1 aliphatic heterocycles. The minimum atomic E-state index is -0.232. The Morgan fingerprint density at radius 2 is 1.64 bits per heavy atom. The Bertz CT molecular complexity index is 1030. The molecule has 0 aliphatic carbocycles. The van der Waals surface area contributed by atoms with Gasteiger partial charge in [0.2, 0.25) is 0 Å². The van der Waals surface area contributed by atoms with Crippen LogP contribution in [0.1, 0.15) is 10.4 Å². The molecule has 3 nitrogen and oxygen atoms in total. The standard InChI is InChI=1S/C22H16ClNO2S2/c23-16-8-10-17(11-9-16)28-20-19(18-7-4-14-27-18)21(25)24(22(20)26)13-12-15-5-2-1-3-6-15/h1-11,14H,12-13H2. The summed E-state index contributed by atoms with van der Waals surface area (Å²) in [6.07, 6.45) is 0.634. The van der Waals surface area contributed by atoms with E-state index in [-0.39, 0.29) is 11.8 Å². The molecule has 0 radical (unpaired) electrons. The number of rotatable bonds is 6. The third-order valence-electron chi connectivity index (χ3n) is 4.39. The first-order valence-corrected chi connectivity index (χ1v) is 10.8. The van der Waals surface area contributed by atoms with Gasteiger partial charge in [0.05, 0.1) is 10.5 Å². The van der Waals surface area contributed by atoms with Crippen LogP contribution in [0.4, 0.5) is 0 Å². The summed E-state index contributed by atoms with van der Waals surface area (Å²) in [7, 11) is 0. The summed E-state index contributed by atoms with van der Waals surface area (Å²) in [6.45, 7) is 0.362. The molecule has 0 bridgehead atoms. The Hall–Kier alpha value is -2.34. The minimum absolute atomic E-state index is 0.222. The van der Waals surface area contributed by atoms with Crippen molar-refractivity contribution in [2.75, 3.05) is 6.54 Å². The van der Waals surface area contributed by atoms with Gasteiger partial charge in [0.15, 0.2) is 0 Å². The second-order valence-corrected chi connectivity index (χ2v) is 8.70. The predicted molar refractivity (Wildman–Crippen MR) is 115 cm³/mol. The number of thioether (sulfide) groups is 1. The first-order chi connectivity index (χ1) is 13.6. The highest BCUT2D eigenvalue weighted by molar-refractivity contribution is 8.04. The second-order valence-electron chi connectivity index (χ2n) is 6.23. The van der Waals surface area contributed by atoms with Gasteiger partial charge in [0, 0.05) is 21.3 Å². The Morgan fingerprint density at radius 3 is 2.32 bits per heavy atom. The van der Waals surface area contributed by atoms with Gasteiger partial charge in [-0.05, 0) is 47.7 Å². The number of carbonyl (C=O) groups is 2. The van der Waals surface area contributed by atoms with Gasteiger partial charge in [-0.15, -0.1) is 11.3 Å². The lowest BCUT2D eigenvalue weighted by molar-refractivity contribution is -0.136. The number of halogens is 1. The number of amides is 2. The molecule has 0 atom stereocenters. The maximum atomic E-state index is 13.1. The van der Waals surface area contributed by atoms with Gasteiger partial charge in [-0.3, -0.25) is 14.5 Å². The van der Waals surface area contributed by atoms with Crippen LogP contribution in [-0.4, -0.2) is 23.3 Å². The van der Waals surface area contributed by atoms with E-state index in [0.717, 1.165) is 15.3 Å². The van der Waals surface area contributed by atoms with Crippen molar-refractivity contribution in [2.24, 2.45) is 0 Å². The van der Waals surface area contributed by atoms with Gasteiger partial charge in [-0.25, -0.2) is 0 Å². The van der Waals surface area contributed by atoms with E-state index in [4.69, 9.17) is 11.6 Å². The molecule has 6 heteroatoms. The van der Waals surface area contributed by atoms with Crippen molar-refractivity contribution in [3.63, 3.8) is 0 Å². The maximum Gasteiger partial charge on any atom is 0.268 e. The normalized spacial score (nSPS) is 14.2. The van der Waals surface area contributed by atoms with Crippen LogP contribution in [0.15, 0.2) is 81.9 Å². The van der Waals surface area contributed by atoms with Crippen LogP contribution in [0.2, 0.25) is 5.02 Å². The second kappa shape index (κ2) is 8.35. The van der Waals surface area contributed by atoms with Crippen molar-refractivity contribution in [3.05, 3.63) is 92.5 Å². The molecule has 2 heterocycles. The number of carbonyl (C=O) groups excluding carboxylic acids is 2. The molecule has 1 aromatic heterocycles. The number of nitrogens with zero attached hydrogens (tertiary/aromatic N) is 1. The molecular weight excluding hydrogens is 410 g/mol. The number of imide groups is 1. The Kier molecular flexibility index (Phi) is 5.67. The van der Waals surface area contributed by atoms with Gasteiger partial charge >= 0.3 is 0 Å². The van der Waals surface area contributed by atoms with Crippen LogP contribution < -0.4 is 0 Å². The summed E-state index contributed by atoms with van der Waals surface area (Å²) < 4.78 is 0. The summed E-state index contributed by atoms with van der Waals surface area (Å²) >= 11 is 8.75. The Balaban J connectivity index is 1.62. The monoisotopic (exact) mass is 425 g/mol. The number of hydrogen-bond acceptors (Lipinski definition) is 4. The van der Waals surface area contributed by atoms with Crippen molar-refractivity contribution in [1.29, 1.82) is 0 Å². The van der Waals surface area contributed by atoms with Crippen LogP contribution in [-0.2, 0) is 16.0 Å². The Labute approximate surface area is 176 Å². The third-order valence-corrected chi connectivity index (χ3v) is 6.62. The first-order valence-electron chi connectivity index (χ1n) is 8.75. The van der Waals surface area contributed by atoms with Crippen LogP contribution in [0, 0.1) is 0 Å². The van der Waals surface area contributed by atoms with Gasteiger partial charge in [-0.2, -0.15) is 0 Å². The lowest BCUT2D eigenvalue weighted by atomic mass is 10.1. The van der Waals surface area contributed by atoms with E-state index in [1.165, 1.54) is 28.0 Å². The van der Waals surface area contributed by atoms with Crippen molar-refractivity contribution in [2.45, 2.75) is 11.3 Å². The lowest BCUT2D eigenvalue weighted by Crippen LogP contribution is -2.33. The molecule has 0 N–H and O–H groups in total. The van der Waals surface area contributed by atoms with E-state index >= 15 is 0 Å². The number of thiophene rings is 1. The van der Waals surface area contributed by atoms with Crippen LogP contribution in [0.5, 0.6) is 0 Å². The summed E-state index contributed by atoms with van der Waals surface area (Å²) in [5.41, 5.74) is 1.59. The average molecular weight is 426 g/mol. The zero-order valence-corrected chi connectivity index (χ0v) is 17.2. The number of benzene rings is 2. The summed E-state index contributed by atoms with van der Waals surface area (Å²) in [5.74, 6) is -0.455. The maximum absolute atomic E-state index is 13.1. The SMILES string of the molecule is O=C1C(Sc2ccc(Cl)cc2)=C(c2cccs2)C(=O)N1CCc1ccccc1. The molecule has 2 amide bonds. The van der Waals surface area contributed by atoms with Gasteiger partial charge in [-0.1, -0.05) is 59.8 Å². The zero-order valence-electron chi connectivity index (χ0n) is 14.8. The fourth-order valence-electron chi connectivity index (χ4n) is 3.00. The van der Waals surface area contributed by atoms with Crippen molar-refractivity contribution < 1.29 is 9.59 Å². The van der Waals surface area contributed by atoms with E-state index in [1.54, 1.807) is 12.1 Å². The molecular formula is C22H16ClNO2S2. The topological polar surface area (TPSA) is 37.4 Å². The first kappa shape index (κ1) is 19.0. The molecule has 0 saturated carbocycles.